The number of primary sulfonamides is 1. The first-order chi connectivity index (χ1) is 11.8. The third kappa shape index (κ3) is 4.35. The number of hydrogen-bond acceptors (Lipinski definition) is 4. The van der Waals surface area contributed by atoms with E-state index in [0.29, 0.717) is 37.9 Å². The zero-order chi connectivity index (χ0) is 18.0. The first-order valence-corrected chi connectivity index (χ1v) is 10.1. The van der Waals surface area contributed by atoms with Crippen molar-refractivity contribution < 1.29 is 18.0 Å². The Morgan fingerprint density at radius 3 is 2.60 bits per heavy atom. The number of likely N-dealkylation sites (tertiary alicyclic amines) is 1. The molecule has 1 aromatic carbocycles. The van der Waals surface area contributed by atoms with Gasteiger partial charge in [-0.1, -0.05) is 30.3 Å². The predicted molar refractivity (Wildman–Crippen MR) is 94.9 cm³/mol. The van der Waals surface area contributed by atoms with Crippen LogP contribution in [0.25, 0.3) is 5.57 Å². The Balaban J connectivity index is 1.71. The highest BCUT2D eigenvalue weighted by Gasteiger charge is 2.32. The van der Waals surface area contributed by atoms with Gasteiger partial charge in [0, 0.05) is 25.1 Å². The maximum absolute atomic E-state index is 12.6. The molecule has 3 rings (SSSR count). The average Bonchev–Trinajstić information content (AvgIpc) is 3.14. The predicted octanol–water partition coefficient (Wildman–Crippen LogP) is 1.33. The molecule has 1 atom stereocenters. The van der Waals surface area contributed by atoms with E-state index >= 15 is 0 Å². The van der Waals surface area contributed by atoms with Crippen LogP contribution in [0.3, 0.4) is 0 Å². The van der Waals surface area contributed by atoms with Crippen LogP contribution in [-0.2, 0) is 19.6 Å². The molecule has 0 saturated carbocycles. The summed E-state index contributed by atoms with van der Waals surface area (Å²) < 4.78 is 22.4. The van der Waals surface area contributed by atoms with Crippen molar-refractivity contribution in [3.8, 4) is 0 Å². The van der Waals surface area contributed by atoms with E-state index in [-0.39, 0.29) is 29.8 Å². The van der Waals surface area contributed by atoms with Crippen LogP contribution in [0.1, 0.15) is 31.2 Å². The number of hydrogen-bond donors (Lipinski definition) is 1. The lowest BCUT2D eigenvalue weighted by Crippen LogP contribution is -2.31. The molecule has 7 heteroatoms. The highest BCUT2D eigenvalue weighted by atomic mass is 32.2. The molecule has 2 aliphatic rings. The minimum atomic E-state index is -3.53. The van der Waals surface area contributed by atoms with E-state index < -0.39 is 10.0 Å². The lowest BCUT2D eigenvalue weighted by atomic mass is 10.00. The molecule has 1 aliphatic heterocycles. The first kappa shape index (κ1) is 17.8. The molecule has 1 aromatic rings. The van der Waals surface area contributed by atoms with Gasteiger partial charge in [0.1, 0.15) is 0 Å². The third-order valence-electron chi connectivity index (χ3n) is 4.86. The summed E-state index contributed by atoms with van der Waals surface area (Å²) >= 11 is 0. The number of amides is 1. The van der Waals surface area contributed by atoms with E-state index in [0.717, 1.165) is 11.1 Å². The third-order valence-corrected chi connectivity index (χ3v) is 5.80. The molecule has 1 fully saturated rings. The van der Waals surface area contributed by atoms with Crippen LogP contribution >= 0.6 is 0 Å². The second-order valence-corrected chi connectivity index (χ2v) is 8.41. The van der Waals surface area contributed by atoms with E-state index in [9.17, 15) is 18.0 Å². The van der Waals surface area contributed by atoms with Crippen molar-refractivity contribution in [2.45, 2.75) is 25.7 Å². The molecule has 25 heavy (non-hydrogen) atoms. The highest BCUT2D eigenvalue weighted by Crippen LogP contribution is 2.34. The number of carbonyl (C=O) groups is 2. The van der Waals surface area contributed by atoms with Gasteiger partial charge in [-0.25, -0.2) is 13.6 Å². The molecule has 0 aromatic heterocycles. The number of rotatable bonds is 5. The normalized spacial score (nSPS) is 21.2. The molecule has 1 saturated heterocycles. The summed E-state index contributed by atoms with van der Waals surface area (Å²) in [6, 6.07) is 9.67. The smallest absolute Gasteiger partial charge is 0.227 e. The number of Topliss-reactive ketones (excluding diaryl/α,β-unsaturated/α-hetero) is 1. The highest BCUT2D eigenvalue weighted by molar-refractivity contribution is 7.89. The van der Waals surface area contributed by atoms with Gasteiger partial charge in [-0.3, -0.25) is 9.59 Å². The number of nitrogens with zero attached hydrogens (tertiary/aromatic N) is 1. The van der Waals surface area contributed by atoms with Crippen molar-refractivity contribution in [3.63, 3.8) is 0 Å². The van der Waals surface area contributed by atoms with Gasteiger partial charge in [0.05, 0.1) is 12.2 Å². The Kier molecular flexibility index (Phi) is 5.06. The summed E-state index contributed by atoms with van der Waals surface area (Å²) in [6.45, 7) is 0.901. The molecular weight excluding hydrogens is 340 g/mol. The number of nitrogens with two attached hydrogens (primary N) is 1. The maximum Gasteiger partial charge on any atom is 0.227 e. The van der Waals surface area contributed by atoms with E-state index in [1.807, 2.05) is 30.3 Å². The summed E-state index contributed by atoms with van der Waals surface area (Å²) in [7, 11) is -3.53. The summed E-state index contributed by atoms with van der Waals surface area (Å²) in [4.78, 5) is 26.5. The standard InChI is InChI=1S/C18H22N2O4S/c19-25(23,24)12-13-8-9-20(11-13)18(22)10-16-15(6-7-17(16)21)14-4-2-1-3-5-14/h1-5,13H,6-12H2,(H2,19,23,24). The van der Waals surface area contributed by atoms with Gasteiger partial charge in [0.15, 0.2) is 5.78 Å². The van der Waals surface area contributed by atoms with Crippen molar-refractivity contribution in [1.29, 1.82) is 0 Å². The number of allylic oxidation sites excluding steroid dienone is 1. The Hall–Kier alpha value is -1.99. The Morgan fingerprint density at radius 2 is 1.92 bits per heavy atom. The van der Waals surface area contributed by atoms with E-state index in [2.05, 4.69) is 0 Å². The lowest BCUT2D eigenvalue weighted by molar-refractivity contribution is -0.130. The zero-order valence-corrected chi connectivity index (χ0v) is 14.8. The fourth-order valence-electron chi connectivity index (χ4n) is 3.66. The zero-order valence-electron chi connectivity index (χ0n) is 14.0. The Labute approximate surface area is 147 Å². The van der Waals surface area contributed by atoms with E-state index in [1.165, 1.54) is 0 Å². The minimum absolute atomic E-state index is 0.0347. The second-order valence-electron chi connectivity index (χ2n) is 6.75. The molecule has 0 bridgehead atoms. The Morgan fingerprint density at radius 1 is 1.20 bits per heavy atom. The van der Waals surface area contributed by atoms with Gasteiger partial charge in [0.2, 0.25) is 15.9 Å². The molecular formula is C18H22N2O4S. The van der Waals surface area contributed by atoms with Gasteiger partial charge in [-0.05, 0) is 29.9 Å². The molecule has 6 nitrogen and oxygen atoms in total. The van der Waals surface area contributed by atoms with Crippen LogP contribution in [0.5, 0.6) is 0 Å². The molecule has 134 valence electrons. The molecule has 2 N–H and O–H groups in total. The van der Waals surface area contributed by atoms with Gasteiger partial charge in [-0.2, -0.15) is 0 Å². The van der Waals surface area contributed by atoms with Crippen molar-refractivity contribution in [2.75, 3.05) is 18.8 Å². The molecule has 1 aliphatic carbocycles. The van der Waals surface area contributed by atoms with Crippen LogP contribution < -0.4 is 5.14 Å². The fraction of sp³-hybridized carbons (Fsp3) is 0.444. The van der Waals surface area contributed by atoms with E-state index in [4.69, 9.17) is 5.14 Å². The monoisotopic (exact) mass is 362 g/mol. The van der Waals surface area contributed by atoms with Crippen LogP contribution in [0.2, 0.25) is 0 Å². The van der Waals surface area contributed by atoms with Crippen molar-refractivity contribution in [3.05, 3.63) is 41.5 Å². The van der Waals surface area contributed by atoms with Crippen molar-refractivity contribution in [1.82, 2.24) is 4.90 Å². The molecule has 1 heterocycles. The quantitative estimate of drug-likeness (QED) is 0.854. The van der Waals surface area contributed by atoms with Crippen molar-refractivity contribution >= 4 is 27.3 Å². The number of carbonyl (C=O) groups excluding carboxylic acids is 2. The van der Waals surface area contributed by atoms with Crippen LogP contribution in [0.4, 0.5) is 0 Å². The molecule has 1 unspecified atom stereocenters. The number of benzene rings is 1. The van der Waals surface area contributed by atoms with Crippen LogP contribution in [-0.4, -0.2) is 43.9 Å². The van der Waals surface area contributed by atoms with E-state index in [1.54, 1.807) is 4.90 Å². The van der Waals surface area contributed by atoms with Crippen LogP contribution in [0.15, 0.2) is 35.9 Å². The molecule has 1 amide bonds. The van der Waals surface area contributed by atoms with Gasteiger partial charge in [0.25, 0.3) is 0 Å². The number of ketones is 1. The largest absolute Gasteiger partial charge is 0.342 e. The first-order valence-electron chi connectivity index (χ1n) is 8.42. The Bertz CT molecular complexity index is 815. The number of sulfonamides is 1. The topological polar surface area (TPSA) is 97.5 Å². The lowest BCUT2D eigenvalue weighted by Gasteiger charge is -2.17. The molecule has 0 radical (unpaired) electrons. The summed E-state index contributed by atoms with van der Waals surface area (Å²) in [5, 5.41) is 5.09. The average molecular weight is 362 g/mol. The van der Waals surface area contributed by atoms with Gasteiger partial charge < -0.3 is 4.90 Å². The molecule has 0 spiro atoms. The fourth-order valence-corrected chi connectivity index (χ4v) is 4.59. The summed E-state index contributed by atoms with van der Waals surface area (Å²) in [6.07, 6.45) is 1.83. The van der Waals surface area contributed by atoms with Crippen molar-refractivity contribution in [2.24, 2.45) is 11.1 Å². The summed E-state index contributed by atoms with van der Waals surface area (Å²) in [5.41, 5.74) is 2.55. The summed E-state index contributed by atoms with van der Waals surface area (Å²) in [5.74, 6) is -0.308. The van der Waals surface area contributed by atoms with Crippen LogP contribution in [0, 0.1) is 5.92 Å². The second kappa shape index (κ2) is 7.09. The van der Waals surface area contributed by atoms with Gasteiger partial charge in [-0.15, -0.1) is 0 Å². The maximum atomic E-state index is 12.6. The SMILES string of the molecule is NS(=O)(=O)CC1CCN(C(=O)CC2=C(c3ccccc3)CCC2=O)C1. The minimum Gasteiger partial charge on any atom is -0.342 e. The van der Waals surface area contributed by atoms with Gasteiger partial charge >= 0.3 is 0 Å².